The van der Waals surface area contributed by atoms with E-state index in [4.69, 9.17) is 9.57 Å². The minimum atomic E-state index is -4.48. The number of carbonyl (C=O) groups is 1. The molecule has 0 aliphatic rings. The van der Waals surface area contributed by atoms with Crippen LogP contribution in [0.15, 0.2) is 18.2 Å². The van der Waals surface area contributed by atoms with Crippen LogP contribution in [-0.4, -0.2) is 48.3 Å². The first-order chi connectivity index (χ1) is 12.5. The predicted octanol–water partition coefficient (Wildman–Crippen LogP) is 2.30. The molecule has 2 N–H and O–H groups in total. The van der Waals surface area contributed by atoms with E-state index in [9.17, 15) is 18.3 Å². The highest BCUT2D eigenvalue weighted by Crippen LogP contribution is 2.21. The smallest absolute Gasteiger partial charge is 0.272 e. The molecule has 1 amide bonds. The molecule has 1 rings (SSSR count). The van der Waals surface area contributed by atoms with Crippen molar-refractivity contribution in [1.82, 2.24) is 4.47 Å². The van der Waals surface area contributed by atoms with E-state index < -0.39 is 27.4 Å². The number of hydroxylamine groups is 1. The Balaban J connectivity index is 2.92. The highest BCUT2D eigenvalue weighted by molar-refractivity contribution is 7.90. The van der Waals surface area contributed by atoms with Crippen LogP contribution in [0.4, 0.5) is 5.69 Å². The molecule has 0 radical (unpaired) electrons. The summed E-state index contributed by atoms with van der Waals surface area (Å²) in [4.78, 5) is 17.6. The number of ether oxygens (including phenoxy) is 1. The molecule has 1 aromatic carbocycles. The summed E-state index contributed by atoms with van der Waals surface area (Å²) >= 11 is 0. The minimum Gasteiger partial charge on any atom is -0.368 e. The quantitative estimate of drug-likeness (QED) is 0.460. The molecule has 0 saturated carbocycles. The number of aliphatic hydroxyl groups is 1. The number of anilines is 1. The van der Waals surface area contributed by atoms with E-state index in [1.165, 1.54) is 0 Å². The summed E-state index contributed by atoms with van der Waals surface area (Å²) in [6.45, 7) is 10.1. The standard InChI is InChI=1S/C18H30N2O6S/c1-7-15(6)25-11-26-20(12(2)3)27(23,24)18(22)17(21)19-16-13(4)9-8-10-14(16)5/h8-10,12,15,18,22H,7,11H2,1-6H3,(H,19,21). The van der Waals surface area contributed by atoms with Crippen LogP contribution >= 0.6 is 0 Å². The van der Waals surface area contributed by atoms with Crippen LogP contribution in [0.3, 0.4) is 0 Å². The summed E-state index contributed by atoms with van der Waals surface area (Å²) in [6.07, 6.45) is 0.623. The van der Waals surface area contributed by atoms with Crippen molar-refractivity contribution in [3.05, 3.63) is 29.3 Å². The monoisotopic (exact) mass is 402 g/mol. The van der Waals surface area contributed by atoms with Gasteiger partial charge in [-0.1, -0.05) is 29.6 Å². The summed E-state index contributed by atoms with van der Waals surface area (Å²) in [6, 6.07) is 4.73. The lowest BCUT2D eigenvalue weighted by Gasteiger charge is -2.27. The van der Waals surface area contributed by atoms with E-state index in [0.717, 1.165) is 17.5 Å². The largest absolute Gasteiger partial charge is 0.368 e. The van der Waals surface area contributed by atoms with Gasteiger partial charge in [0.2, 0.25) is 0 Å². The van der Waals surface area contributed by atoms with Gasteiger partial charge in [0.25, 0.3) is 21.4 Å². The second-order valence-corrected chi connectivity index (χ2v) is 8.47. The molecule has 27 heavy (non-hydrogen) atoms. The normalized spacial score (nSPS) is 14.4. The lowest BCUT2D eigenvalue weighted by atomic mass is 10.1. The Morgan fingerprint density at radius 1 is 1.22 bits per heavy atom. The molecule has 9 heteroatoms. The van der Waals surface area contributed by atoms with Gasteiger partial charge in [-0.2, -0.15) is 0 Å². The number of nitrogens with zero attached hydrogens (tertiary/aromatic N) is 1. The molecular formula is C18H30N2O6S. The molecule has 0 aliphatic heterocycles. The maximum absolute atomic E-state index is 12.7. The third-order valence-corrected chi connectivity index (χ3v) is 5.82. The minimum absolute atomic E-state index is 0.112. The molecule has 0 spiro atoms. The number of amides is 1. The van der Waals surface area contributed by atoms with Crippen LogP contribution in [0.1, 0.15) is 45.2 Å². The zero-order valence-electron chi connectivity index (χ0n) is 16.7. The molecule has 2 atom stereocenters. The fourth-order valence-corrected chi connectivity index (χ4v) is 3.57. The van der Waals surface area contributed by atoms with Gasteiger partial charge in [-0.05, 0) is 52.2 Å². The van der Waals surface area contributed by atoms with Crippen molar-refractivity contribution >= 4 is 21.6 Å². The molecule has 0 fully saturated rings. The number of hydrogen-bond acceptors (Lipinski definition) is 6. The van der Waals surface area contributed by atoms with Crippen molar-refractivity contribution in [3.63, 3.8) is 0 Å². The van der Waals surface area contributed by atoms with Crippen molar-refractivity contribution < 1.29 is 27.9 Å². The van der Waals surface area contributed by atoms with E-state index in [0.29, 0.717) is 10.2 Å². The molecule has 0 saturated heterocycles. The van der Waals surface area contributed by atoms with Crippen molar-refractivity contribution in [3.8, 4) is 0 Å². The van der Waals surface area contributed by atoms with Crippen molar-refractivity contribution in [1.29, 1.82) is 0 Å². The zero-order valence-corrected chi connectivity index (χ0v) is 17.5. The number of sulfonamides is 1. The predicted molar refractivity (Wildman–Crippen MR) is 103 cm³/mol. The van der Waals surface area contributed by atoms with Gasteiger partial charge in [-0.25, -0.2) is 8.42 Å². The van der Waals surface area contributed by atoms with E-state index in [1.807, 2.05) is 19.9 Å². The van der Waals surface area contributed by atoms with Crippen LogP contribution in [0.2, 0.25) is 0 Å². The maximum atomic E-state index is 12.7. The Morgan fingerprint density at radius 3 is 2.26 bits per heavy atom. The highest BCUT2D eigenvalue weighted by atomic mass is 32.2. The number of carbonyl (C=O) groups excluding carboxylic acids is 1. The first kappa shape index (κ1) is 23.5. The Morgan fingerprint density at radius 2 is 1.78 bits per heavy atom. The maximum Gasteiger partial charge on any atom is 0.272 e. The number of benzene rings is 1. The summed E-state index contributed by atoms with van der Waals surface area (Å²) in [5.74, 6) is -1.05. The van der Waals surface area contributed by atoms with Crippen LogP contribution in [0, 0.1) is 13.8 Å². The van der Waals surface area contributed by atoms with Gasteiger partial charge in [0.1, 0.15) is 0 Å². The molecule has 2 unspecified atom stereocenters. The lowest BCUT2D eigenvalue weighted by molar-refractivity contribution is -0.200. The number of rotatable bonds is 10. The number of para-hydroxylation sites is 1. The van der Waals surface area contributed by atoms with Gasteiger partial charge in [-0.3, -0.25) is 9.63 Å². The van der Waals surface area contributed by atoms with Crippen molar-refractivity contribution in [2.45, 2.75) is 65.5 Å². The Hall–Kier alpha value is -1.52. The van der Waals surface area contributed by atoms with E-state index in [2.05, 4.69) is 5.32 Å². The zero-order chi connectivity index (χ0) is 20.8. The third kappa shape index (κ3) is 6.25. The van der Waals surface area contributed by atoms with E-state index >= 15 is 0 Å². The fourth-order valence-electron chi connectivity index (χ4n) is 2.26. The van der Waals surface area contributed by atoms with Gasteiger partial charge in [-0.15, -0.1) is 0 Å². The third-order valence-electron chi connectivity index (χ3n) is 4.02. The summed E-state index contributed by atoms with van der Waals surface area (Å²) < 4.78 is 31.2. The van der Waals surface area contributed by atoms with E-state index in [-0.39, 0.29) is 12.9 Å². The Labute approximate surface area is 161 Å². The van der Waals surface area contributed by atoms with Crippen molar-refractivity contribution in [2.75, 3.05) is 12.1 Å². The average molecular weight is 403 g/mol. The van der Waals surface area contributed by atoms with Crippen molar-refractivity contribution in [2.24, 2.45) is 0 Å². The Bertz CT molecular complexity index is 715. The molecular weight excluding hydrogens is 372 g/mol. The highest BCUT2D eigenvalue weighted by Gasteiger charge is 2.39. The number of aliphatic hydroxyl groups excluding tert-OH is 1. The van der Waals surface area contributed by atoms with Gasteiger partial charge in [0.15, 0.2) is 6.79 Å². The molecule has 0 aliphatic carbocycles. The number of nitrogens with one attached hydrogen (secondary N) is 1. The van der Waals surface area contributed by atoms with Crippen LogP contribution in [0.25, 0.3) is 0 Å². The molecule has 0 heterocycles. The molecule has 154 valence electrons. The van der Waals surface area contributed by atoms with Crippen LogP contribution in [0.5, 0.6) is 0 Å². The lowest BCUT2D eigenvalue weighted by Crippen LogP contribution is -2.47. The first-order valence-corrected chi connectivity index (χ1v) is 10.4. The first-order valence-electron chi connectivity index (χ1n) is 8.85. The molecule has 0 aromatic heterocycles. The Kier molecular flexibility index (Phi) is 8.83. The number of hydrogen-bond donors (Lipinski definition) is 2. The van der Waals surface area contributed by atoms with Crippen LogP contribution in [-0.2, 0) is 24.4 Å². The second kappa shape index (κ2) is 10.1. The SMILES string of the molecule is CCC(C)OCON(C(C)C)S(=O)(=O)C(O)C(=O)Nc1c(C)cccc1C. The number of aryl methyl sites for hydroxylation is 2. The average Bonchev–Trinajstić information content (AvgIpc) is 2.60. The summed E-state index contributed by atoms with van der Waals surface area (Å²) in [5, 5.41) is 12.7. The van der Waals surface area contributed by atoms with E-state index in [1.54, 1.807) is 39.8 Å². The second-order valence-electron chi connectivity index (χ2n) is 6.63. The summed E-state index contributed by atoms with van der Waals surface area (Å²) in [7, 11) is -4.48. The van der Waals surface area contributed by atoms with Gasteiger partial charge in [0, 0.05) is 11.7 Å². The van der Waals surface area contributed by atoms with Gasteiger partial charge < -0.3 is 15.2 Å². The fraction of sp³-hybridized carbons (Fsp3) is 0.611. The summed E-state index contributed by atoms with van der Waals surface area (Å²) in [5.41, 5.74) is -0.338. The van der Waals surface area contributed by atoms with Crippen LogP contribution < -0.4 is 5.32 Å². The van der Waals surface area contributed by atoms with Gasteiger partial charge in [0.05, 0.1) is 6.10 Å². The molecule has 8 nitrogen and oxygen atoms in total. The topological polar surface area (TPSA) is 105 Å². The molecule has 1 aromatic rings. The molecule has 0 bridgehead atoms. The van der Waals surface area contributed by atoms with Gasteiger partial charge >= 0.3 is 0 Å².